The molecule has 1 heterocycles. The van der Waals surface area contributed by atoms with E-state index in [1.807, 2.05) is 0 Å². The van der Waals surface area contributed by atoms with Crippen molar-refractivity contribution in [2.24, 2.45) is 0 Å². The molecule has 1 N–H and O–H groups in total. The minimum absolute atomic E-state index is 0.683. The number of rotatable bonds is 0. The van der Waals surface area contributed by atoms with Crippen LogP contribution in [0.3, 0.4) is 0 Å². The largest absolute Gasteiger partial charge is 0.473 e. The summed E-state index contributed by atoms with van der Waals surface area (Å²) in [4.78, 5) is 8.84. The van der Waals surface area contributed by atoms with Crippen molar-refractivity contribution in [3.8, 4) is 0 Å². The molecule has 1 rings (SSSR count). The molecule has 14 heavy (non-hydrogen) atoms. The summed E-state index contributed by atoms with van der Waals surface area (Å²) in [5, 5.41) is 0. The average molecular weight is 234 g/mol. The summed E-state index contributed by atoms with van der Waals surface area (Å²) < 4.78 is 57.0. The maximum Gasteiger partial charge on any atom is 0.473 e. The molecule has 1 aliphatic rings. The van der Waals surface area contributed by atoms with Gasteiger partial charge in [-0.1, -0.05) is 0 Å². The summed E-state index contributed by atoms with van der Waals surface area (Å²) in [7, 11) is -4.60. The zero-order valence-electron chi connectivity index (χ0n) is 7.75. The van der Waals surface area contributed by atoms with E-state index in [0.717, 1.165) is 13.8 Å². The van der Waals surface area contributed by atoms with E-state index in [1.54, 1.807) is 0 Å². The summed E-state index contributed by atoms with van der Waals surface area (Å²) in [6.45, 7) is 2.79. The summed E-state index contributed by atoms with van der Waals surface area (Å²) in [6.07, 6.45) is -4.77. The lowest BCUT2D eigenvalue weighted by Crippen LogP contribution is -2.55. The third kappa shape index (κ3) is 1.58. The van der Waals surface area contributed by atoms with Crippen LogP contribution in [0.25, 0.3) is 0 Å². The fraction of sp³-hybridized carbons (Fsp3) is 1.00. The molecule has 2 atom stereocenters. The Morgan fingerprint density at radius 2 is 1.64 bits per heavy atom. The second-order valence-electron chi connectivity index (χ2n) is 3.69. The Labute approximate surface area is 78.6 Å². The predicted molar refractivity (Wildman–Crippen MR) is 40.5 cm³/mol. The number of halogens is 3. The maximum atomic E-state index is 12.5. The van der Waals surface area contributed by atoms with Crippen molar-refractivity contribution >= 4 is 7.82 Å². The molecule has 1 aliphatic heterocycles. The SMILES string of the molecule is CC1(C)OP(=O)(O)OC1(C)C(F)(F)F. The third-order valence-electron chi connectivity index (χ3n) is 2.33. The van der Waals surface area contributed by atoms with E-state index < -0.39 is 25.2 Å². The van der Waals surface area contributed by atoms with E-state index in [-0.39, 0.29) is 0 Å². The van der Waals surface area contributed by atoms with E-state index in [0.29, 0.717) is 6.92 Å². The highest BCUT2D eigenvalue weighted by molar-refractivity contribution is 7.47. The van der Waals surface area contributed by atoms with Crippen LogP contribution in [0.1, 0.15) is 20.8 Å². The number of hydrogen-bond donors (Lipinski definition) is 1. The van der Waals surface area contributed by atoms with Gasteiger partial charge in [-0.05, 0) is 20.8 Å². The fourth-order valence-electron chi connectivity index (χ4n) is 1.13. The quantitative estimate of drug-likeness (QED) is 0.653. The number of phosphoric ester groups is 1. The van der Waals surface area contributed by atoms with Gasteiger partial charge in [-0.25, -0.2) is 4.57 Å². The highest BCUT2D eigenvalue weighted by Gasteiger charge is 2.71. The van der Waals surface area contributed by atoms with Gasteiger partial charge in [0.25, 0.3) is 0 Å². The Bertz CT molecular complexity index is 300. The number of hydrogen-bond acceptors (Lipinski definition) is 3. The van der Waals surface area contributed by atoms with Gasteiger partial charge in [0.15, 0.2) is 0 Å². The van der Waals surface area contributed by atoms with Gasteiger partial charge < -0.3 is 4.89 Å². The van der Waals surface area contributed by atoms with Crippen LogP contribution in [0.5, 0.6) is 0 Å². The molecule has 2 unspecified atom stereocenters. The third-order valence-corrected chi connectivity index (χ3v) is 3.61. The number of alkyl halides is 3. The van der Waals surface area contributed by atoms with Gasteiger partial charge in [0.1, 0.15) is 5.60 Å². The molecular formula is C6H10F3O4P. The van der Waals surface area contributed by atoms with Crippen LogP contribution in [0, 0.1) is 0 Å². The molecule has 0 amide bonds. The maximum absolute atomic E-state index is 12.5. The van der Waals surface area contributed by atoms with Gasteiger partial charge in [-0.3, -0.25) is 9.05 Å². The van der Waals surface area contributed by atoms with E-state index >= 15 is 0 Å². The monoisotopic (exact) mass is 234 g/mol. The van der Waals surface area contributed by atoms with E-state index in [1.165, 1.54) is 0 Å². The van der Waals surface area contributed by atoms with Gasteiger partial charge in [0.2, 0.25) is 5.60 Å². The molecule has 0 saturated carbocycles. The van der Waals surface area contributed by atoms with Crippen LogP contribution in [-0.2, 0) is 13.6 Å². The Morgan fingerprint density at radius 1 is 1.21 bits per heavy atom. The smallest absolute Gasteiger partial charge is 0.302 e. The molecular weight excluding hydrogens is 224 g/mol. The van der Waals surface area contributed by atoms with Crippen LogP contribution in [0.4, 0.5) is 13.2 Å². The summed E-state index contributed by atoms with van der Waals surface area (Å²) in [6, 6.07) is 0. The molecule has 8 heteroatoms. The first kappa shape index (κ1) is 12.0. The lowest BCUT2D eigenvalue weighted by Gasteiger charge is -2.34. The van der Waals surface area contributed by atoms with Crippen LogP contribution in [0.2, 0.25) is 0 Å². The minimum Gasteiger partial charge on any atom is -0.302 e. The van der Waals surface area contributed by atoms with Crippen molar-refractivity contribution in [2.75, 3.05) is 0 Å². The van der Waals surface area contributed by atoms with Crippen molar-refractivity contribution in [3.63, 3.8) is 0 Å². The van der Waals surface area contributed by atoms with Crippen LogP contribution < -0.4 is 0 Å². The molecule has 0 aromatic rings. The molecule has 0 radical (unpaired) electrons. The van der Waals surface area contributed by atoms with Crippen molar-refractivity contribution in [1.29, 1.82) is 0 Å². The van der Waals surface area contributed by atoms with Gasteiger partial charge >= 0.3 is 14.0 Å². The molecule has 0 aromatic heterocycles. The van der Waals surface area contributed by atoms with Crippen molar-refractivity contribution < 1.29 is 31.7 Å². The highest BCUT2D eigenvalue weighted by atomic mass is 31.2. The molecule has 0 aromatic carbocycles. The Hall–Kier alpha value is -0.100. The molecule has 0 spiro atoms. The molecule has 84 valence electrons. The highest BCUT2D eigenvalue weighted by Crippen LogP contribution is 2.65. The summed E-state index contributed by atoms with van der Waals surface area (Å²) >= 11 is 0. The molecule has 0 bridgehead atoms. The second-order valence-corrected chi connectivity index (χ2v) is 4.99. The van der Waals surface area contributed by atoms with E-state index in [4.69, 9.17) is 4.89 Å². The molecule has 0 aliphatic carbocycles. The zero-order chi connectivity index (χ0) is 11.4. The lowest BCUT2D eigenvalue weighted by atomic mass is 9.87. The standard InChI is InChI=1S/C6H10F3O4P/c1-4(2)5(3,6(7,8)9)13-14(10,11)12-4/h1-3H3,(H,10,11). The van der Waals surface area contributed by atoms with Crippen molar-refractivity contribution in [3.05, 3.63) is 0 Å². The van der Waals surface area contributed by atoms with Crippen LogP contribution >= 0.6 is 7.82 Å². The Kier molecular flexibility index (Phi) is 2.33. The summed E-state index contributed by atoms with van der Waals surface area (Å²) in [5.74, 6) is 0. The fourth-order valence-corrected chi connectivity index (χ4v) is 2.70. The lowest BCUT2D eigenvalue weighted by molar-refractivity contribution is -0.265. The average Bonchev–Trinajstić information content (AvgIpc) is 1.94. The first-order chi connectivity index (χ1) is 5.91. The van der Waals surface area contributed by atoms with Gasteiger partial charge in [0, 0.05) is 0 Å². The Morgan fingerprint density at radius 3 is 1.79 bits per heavy atom. The topological polar surface area (TPSA) is 55.8 Å². The van der Waals surface area contributed by atoms with Gasteiger partial charge in [-0.15, -0.1) is 0 Å². The first-order valence-electron chi connectivity index (χ1n) is 3.72. The minimum atomic E-state index is -4.77. The number of phosphoric acid groups is 1. The summed E-state index contributed by atoms with van der Waals surface area (Å²) in [5.41, 5.74) is -4.67. The van der Waals surface area contributed by atoms with Gasteiger partial charge in [-0.2, -0.15) is 13.2 Å². The normalized spacial score (nSPS) is 42.8. The van der Waals surface area contributed by atoms with Crippen LogP contribution in [-0.4, -0.2) is 22.3 Å². The van der Waals surface area contributed by atoms with Gasteiger partial charge in [0.05, 0.1) is 0 Å². The zero-order valence-corrected chi connectivity index (χ0v) is 8.65. The van der Waals surface area contributed by atoms with Crippen LogP contribution in [0.15, 0.2) is 0 Å². The van der Waals surface area contributed by atoms with E-state index in [2.05, 4.69) is 9.05 Å². The van der Waals surface area contributed by atoms with E-state index in [9.17, 15) is 17.7 Å². The predicted octanol–water partition coefficient (Wildman–Crippen LogP) is 2.23. The molecule has 4 nitrogen and oxygen atoms in total. The first-order valence-corrected chi connectivity index (χ1v) is 5.22. The van der Waals surface area contributed by atoms with Crippen molar-refractivity contribution in [2.45, 2.75) is 38.1 Å². The molecule has 1 saturated heterocycles. The van der Waals surface area contributed by atoms with Crippen molar-refractivity contribution in [1.82, 2.24) is 0 Å². The molecule has 1 fully saturated rings. The second kappa shape index (κ2) is 2.72. The Balaban J connectivity index is 3.19.